The molecule has 3 aromatic rings. The van der Waals surface area contributed by atoms with Crippen LogP contribution in [0.2, 0.25) is 0 Å². The van der Waals surface area contributed by atoms with E-state index >= 15 is 0 Å². The number of aryl methyl sites for hydroxylation is 2. The number of anilines is 2. The fourth-order valence-corrected chi connectivity index (χ4v) is 3.44. The Hall–Kier alpha value is -2.92. The fourth-order valence-electron chi connectivity index (χ4n) is 3.44. The van der Waals surface area contributed by atoms with Crippen LogP contribution in [0.1, 0.15) is 17.7 Å². The summed E-state index contributed by atoms with van der Waals surface area (Å²) in [6.45, 7) is 3.10. The Kier molecular flexibility index (Phi) is 5.83. The number of nitrogens with two attached hydrogens (primary N) is 1. The normalized spacial score (nSPS) is 14.2. The van der Waals surface area contributed by atoms with Crippen LogP contribution < -0.4 is 10.6 Å². The molecule has 5 heteroatoms. The van der Waals surface area contributed by atoms with Crippen LogP contribution in [0.3, 0.4) is 0 Å². The van der Waals surface area contributed by atoms with E-state index in [0.29, 0.717) is 0 Å². The first kappa shape index (κ1) is 18.4. The maximum absolute atomic E-state index is 5.85. The third-order valence-corrected chi connectivity index (χ3v) is 5.01. The second-order valence-electron chi connectivity index (χ2n) is 7.11. The Morgan fingerprint density at radius 2 is 1.64 bits per heavy atom. The second kappa shape index (κ2) is 8.85. The van der Waals surface area contributed by atoms with E-state index in [2.05, 4.69) is 41.3 Å². The first-order valence-corrected chi connectivity index (χ1v) is 9.88. The summed E-state index contributed by atoms with van der Waals surface area (Å²) in [4.78, 5) is 11.9. The molecule has 0 bridgehead atoms. The Bertz CT molecular complexity index is 890. The highest BCUT2D eigenvalue weighted by atomic mass is 16.5. The van der Waals surface area contributed by atoms with Gasteiger partial charge in [0.05, 0.1) is 18.9 Å². The van der Waals surface area contributed by atoms with Crippen LogP contribution >= 0.6 is 0 Å². The number of nitrogen functional groups attached to an aromatic ring is 1. The van der Waals surface area contributed by atoms with Gasteiger partial charge in [-0.2, -0.15) is 0 Å². The van der Waals surface area contributed by atoms with Crippen LogP contribution in [-0.2, 0) is 17.6 Å². The van der Waals surface area contributed by atoms with E-state index in [1.54, 1.807) is 0 Å². The third kappa shape index (κ3) is 4.67. The molecular formula is C23H26N4O. The molecular weight excluding hydrogens is 348 g/mol. The zero-order chi connectivity index (χ0) is 19.2. The van der Waals surface area contributed by atoms with Crippen molar-refractivity contribution in [3.8, 4) is 11.3 Å². The van der Waals surface area contributed by atoms with Gasteiger partial charge in [-0.1, -0.05) is 42.5 Å². The van der Waals surface area contributed by atoms with Crippen molar-refractivity contribution in [2.24, 2.45) is 0 Å². The zero-order valence-electron chi connectivity index (χ0n) is 16.1. The lowest BCUT2D eigenvalue weighted by Crippen LogP contribution is -2.37. The molecule has 0 atom stereocenters. The smallest absolute Gasteiger partial charge is 0.226 e. The molecule has 1 aliphatic rings. The fraction of sp³-hybridized carbons (Fsp3) is 0.304. The highest BCUT2D eigenvalue weighted by molar-refractivity contribution is 5.63. The minimum atomic E-state index is 0.721. The highest BCUT2D eigenvalue weighted by Crippen LogP contribution is 2.23. The summed E-state index contributed by atoms with van der Waals surface area (Å²) in [6.07, 6.45) is 3.04. The number of aromatic nitrogens is 2. The van der Waals surface area contributed by atoms with Crippen LogP contribution in [0, 0.1) is 0 Å². The molecule has 144 valence electrons. The number of hydrogen-bond donors (Lipinski definition) is 1. The van der Waals surface area contributed by atoms with Crippen LogP contribution in [-0.4, -0.2) is 36.3 Å². The van der Waals surface area contributed by atoms with Gasteiger partial charge in [0.2, 0.25) is 5.95 Å². The maximum Gasteiger partial charge on any atom is 0.226 e. The van der Waals surface area contributed by atoms with E-state index in [9.17, 15) is 0 Å². The summed E-state index contributed by atoms with van der Waals surface area (Å²) in [6, 6.07) is 20.6. The molecule has 0 amide bonds. The topological polar surface area (TPSA) is 64.3 Å². The number of benzene rings is 2. The van der Waals surface area contributed by atoms with E-state index in [1.165, 1.54) is 5.56 Å². The monoisotopic (exact) mass is 374 g/mol. The van der Waals surface area contributed by atoms with Gasteiger partial charge in [-0.3, -0.25) is 0 Å². The summed E-state index contributed by atoms with van der Waals surface area (Å²) in [5.41, 5.74) is 11.1. The molecule has 1 aliphatic heterocycles. The van der Waals surface area contributed by atoms with E-state index in [4.69, 9.17) is 20.4 Å². The van der Waals surface area contributed by atoms with Gasteiger partial charge >= 0.3 is 0 Å². The molecule has 0 unspecified atom stereocenters. The predicted molar refractivity (Wildman–Crippen MR) is 113 cm³/mol. The number of ether oxygens (including phenoxy) is 1. The molecule has 2 heterocycles. The van der Waals surface area contributed by atoms with Crippen molar-refractivity contribution in [2.45, 2.75) is 19.3 Å². The molecule has 1 saturated heterocycles. The maximum atomic E-state index is 5.85. The molecule has 28 heavy (non-hydrogen) atoms. The Morgan fingerprint density at radius 3 is 2.39 bits per heavy atom. The van der Waals surface area contributed by atoms with Gasteiger partial charge in [-0.25, -0.2) is 9.97 Å². The van der Waals surface area contributed by atoms with Crippen molar-refractivity contribution >= 4 is 11.6 Å². The summed E-state index contributed by atoms with van der Waals surface area (Å²) in [5, 5.41) is 0. The van der Waals surface area contributed by atoms with Crippen molar-refractivity contribution in [3.63, 3.8) is 0 Å². The lowest BCUT2D eigenvalue weighted by atomic mass is 10.1. The standard InChI is InChI=1S/C23H26N4O/c24-20-11-9-19(10-12-20)22-17-21(8-4-7-18-5-2-1-3-6-18)25-23(26-22)27-13-15-28-16-14-27/h1-3,5-6,9-12,17H,4,7-8,13-16,24H2. The minimum absolute atomic E-state index is 0.721. The SMILES string of the molecule is Nc1ccc(-c2cc(CCCc3ccccc3)nc(N3CCOCC3)n2)cc1. The average Bonchev–Trinajstić information content (AvgIpc) is 2.75. The van der Waals surface area contributed by atoms with Gasteiger partial charge in [0.1, 0.15) is 0 Å². The number of morpholine rings is 1. The van der Waals surface area contributed by atoms with Crippen molar-refractivity contribution in [3.05, 3.63) is 71.9 Å². The average molecular weight is 374 g/mol. The molecule has 0 radical (unpaired) electrons. The molecule has 5 nitrogen and oxygen atoms in total. The summed E-state index contributed by atoms with van der Waals surface area (Å²) >= 11 is 0. The molecule has 0 saturated carbocycles. The summed E-state index contributed by atoms with van der Waals surface area (Å²) in [7, 11) is 0. The van der Waals surface area contributed by atoms with Crippen LogP contribution in [0.5, 0.6) is 0 Å². The Balaban J connectivity index is 1.56. The summed E-state index contributed by atoms with van der Waals surface area (Å²) < 4.78 is 5.48. The Labute approximate surface area is 166 Å². The third-order valence-electron chi connectivity index (χ3n) is 5.01. The molecule has 0 spiro atoms. The Morgan fingerprint density at radius 1 is 0.893 bits per heavy atom. The van der Waals surface area contributed by atoms with Gasteiger partial charge in [-0.15, -0.1) is 0 Å². The predicted octanol–water partition coefficient (Wildman–Crippen LogP) is 3.74. The van der Waals surface area contributed by atoms with Gasteiger partial charge in [0, 0.05) is 30.0 Å². The zero-order valence-corrected chi connectivity index (χ0v) is 16.1. The molecule has 1 aromatic heterocycles. The van der Waals surface area contributed by atoms with Crippen molar-refractivity contribution < 1.29 is 4.74 Å². The van der Waals surface area contributed by atoms with E-state index in [0.717, 1.165) is 74.2 Å². The van der Waals surface area contributed by atoms with Crippen molar-refractivity contribution in [1.82, 2.24) is 9.97 Å². The van der Waals surface area contributed by atoms with Gasteiger partial charge < -0.3 is 15.4 Å². The van der Waals surface area contributed by atoms with Crippen molar-refractivity contribution in [2.75, 3.05) is 36.9 Å². The van der Waals surface area contributed by atoms with Gasteiger partial charge in [0.15, 0.2) is 0 Å². The van der Waals surface area contributed by atoms with Crippen molar-refractivity contribution in [1.29, 1.82) is 0 Å². The number of hydrogen-bond acceptors (Lipinski definition) is 5. The van der Waals surface area contributed by atoms with Crippen LogP contribution in [0.4, 0.5) is 11.6 Å². The molecule has 2 aromatic carbocycles. The minimum Gasteiger partial charge on any atom is -0.399 e. The highest BCUT2D eigenvalue weighted by Gasteiger charge is 2.16. The lowest BCUT2D eigenvalue weighted by molar-refractivity contribution is 0.122. The number of rotatable bonds is 6. The second-order valence-corrected chi connectivity index (χ2v) is 7.11. The summed E-state index contributed by atoms with van der Waals surface area (Å²) in [5.74, 6) is 0.798. The lowest BCUT2D eigenvalue weighted by Gasteiger charge is -2.27. The molecule has 4 rings (SSSR count). The van der Waals surface area contributed by atoms with Gasteiger partial charge in [0.25, 0.3) is 0 Å². The largest absolute Gasteiger partial charge is 0.399 e. The van der Waals surface area contributed by atoms with Crippen LogP contribution in [0.15, 0.2) is 60.7 Å². The van der Waals surface area contributed by atoms with E-state index < -0.39 is 0 Å². The molecule has 2 N–H and O–H groups in total. The number of nitrogens with zero attached hydrogens (tertiary/aromatic N) is 3. The quantitative estimate of drug-likeness (QED) is 0.666. The van der Waals surface area contributed by atoms with Crippen LogP contribution in [0.25, 0.3) is 11.3 Å². The molecule has 1 fully saturated rings. The molecule has 0 aliphatic carbocycles. The van der Waals surface area contributed by atoms with Gasteiger partial charge in [-0.05, 0) is 43.0 Å². The first-order chi connectivity index (χ1) is 13.8. The van der Waals surface area contributed by atoms with E-state index in [-0.39, 0.29) is 0 Å². The first-order valence-electron chi connectivity index (χ1n) is 9.88. The van der Waals surface area contributed by atoms with E-state index in [1.807, 2.05) is 24.3 Å².